The van der Waals surface area contributed by atoms with Gasteiger partial charge in [-0.1, -0.05) is 38.6 Å². The van der Waals surface area contributed by atoms with Gasteiger partial charge in [0.05, 0.1) is 5.56 Å². The van der Waals surface area contributed by atoms with Crippen molar-refractivity contribution < 1.29 is 13.2 Å². The molecular weight excluding hydrogens is 413 g/mol. The normalized spacial score (nSPS) is 17.8. The molecular formula is C25H33F3N4. The Hall–Kier alpha value is -2.80. The fourth-order valence-electron chi connectivity index (χ4n) is 3.45. The summed E-state index contributed by atoms with van der Waals surface area (Å²) in [6, 6.07) is 4.21. The van der Waals surface area contributed by atoms with Gasteiger partial charge in [-0.2, -0.15) is 13.2 Å². The Labute approximate surface area is 189 Å². The fourth-order valence-corrected chi connectivity index (χ4v) is 3.45. The van der Waals surface area contributed by atoms with Crippen molar-refractivity contribution in [3.63, 3.8) is 0 Å². The van der Waals surface area contributed by atoms with Crippen LogP contribution in [0, 0.1) is 6.92 Å². The van der Waals surface area contributed by atoms with E-state index in [-0.39, 0.29) is 12.1 Å². The van der Waals surface area contributed by atoms with Crippen LogP contribution in [0.3, 0.4) is 0 Å². The first-order chi connectivity index (χ1) is 15.3. The Morgan fingerprint density at radius 1 is 1.22 bits per heavy atom. The zero-order chi connectivity index (χ0) is 23.6. The molecule has 0 radical (unpaired) electrons. The molecule has 2 aliphatic rings. The molecule has 32 heavy (non-hydrogen) atoms. The first kappa shape index (κ1) is 25.5. The number of nitrogens with zero attached hydrogens (tertiary/aromatic N) is 2. The van der Waals surface area contributed by atoms with Crippen LogP contribution in [0.2, 0.25) is 0 Å². The highest BCUT2D eigenvalue weighted by Crippen LogP contribution is 2.32. The molecule has 4 nitrogen and oxygen atoms in total. The minimum atomic E-state index is -4.35. The quantitative estimate of drug-likeness (QED) is 0.579. The molecule has 1 aromatic rings. The minimum Gasteiger partial charge on any atom is -0.381 e. The number of benzene rings is 1. The van der Waals surface area contributed by atoms with E-state index in [0.29, 0.717) is 11.3 Å². The molecule has 0 bridgehead atoms. The first-order valence-corrected chi connectivity index (χ1v) is 11.0. The van der Waals surface area contributed by atoms with Gasteiger partial charge in [-0.15, -0.1) is 0 Å². The largest absolute Gasteiger partial charge is 0.416 e. The van der Waals surface area contributed by atoms with Gasteiger partial charge >= 0.3 is 6.18 Å². The average Bonchev–Trinajstić information content (AvgIpc) is 2.80. The van der Waals surface area contributed by atoms with Gasteiger partial charge in [-0.05, 0) is 42.3 Å². The predicted octanol–water partition coefficient (Wildman–Crippen LogP) is 5.35. The molecule has 0 unspecified atom stereocenters. The summed E-state index contributed by atoms with van der Waals surface area (Å²) in [5, 5.41) is 6.39. The Kier molecular flexibility index (Phi) is 9.78. The van der Waals surface area contributed by atoms with Gasteiger partial charge in [-0.25, -0.2) is 0 Å². The highest BCUT2D eigenvalue weighted by molar-refractivity contribution is 5.97. The Bertz CT molecular complexity index is 889. The van der Waals surface area contributed by atoms with Crippen molar-refractivity contribution >= 4 is 5.71 Å². The zero-order valence-electron chi connectivity index (χ0n) is 19.1. The van der Waals surface area contributed by atoms with E-state index < -0.39 is 11.7 Å². The summed E-state index contributed by atoms with van der Waals surface area (Å²) in [5.41, 5.74) is 2.99. The van der Waals surface area contributed by atoms with Gasteiger partial charge in [0, 0.05) is 62.5 Å². The third-order valence-electron chi connectivity index (χ3n) is 5.22. The van der Waals surface area contributed by atoms with Crippen molar-refractivity contribution in [3.05, 3.63) is 83.4 Å². The van der Waals surface area contributed by atoms with Crippen LogP contribution in [-0.4, -0.2) is 36.8 Å². The smallest absolute Gasteiger partial charge is 0.381 e. The van der Waals surface area contributed by atoms with Gasteiger partial charge < -0.3 is 15.5 Å². The lowest BCUT2D eigenvalue weighted by Crippen LogP contribution is -2.42. The molecule has 1 aliphatic heterocycles. The number of halogens is 3. The van der Waals surface area contributed by atoms with Gasteiger partial charge in [0.2, 0.25) is 0 Å². The Morgan fingerprint density at radius 2 is 1.94 bits per heavy atom. The van der Waals surface area contributed by atoms with Crippen LogP contribution < -0.4 is 10.6 Å². The number of hydrogen-bond donors (Lipinski definition) is 2. The summed E-state index contributed by atoms with van der Waals surface area (Å²) >= 11 is 0. The van der Waals surface area contributed by atoms with Crippen molar-refractivity contribution in [2.45, 2.75) is 39.9 Å². The van der Waals surface area contributed by atoms with Crippen LogP contribution in [0.25, 0.3) is 0 Å². The number of nitrogens with one attached hydrogen (secondary N) is 2. The Balaban J connectivity index is 0.00000176. The molecule has 1 aromatic carbocycles. The van der Waals surface area contributed by atoms with E-state index in [0.717, 1.165) is 44.4 Å². The van der Waals surface area contributed by atoms with Crippen LogP contribution in [0.5, 0.6) is 0 Å². The molecule has 7 heteroatoms. The van der Waals surface area contributed by atoms with Crippen LogP contribution in [-0.2, 0) is 12.7 Å². The molecule has 174 valence electrons. The number of aliphatic imine (C=N–C) groups is 1. The van der Waals surface area contributed by atoms with Crippen molar-refractivity contribution in [2.75, 3.05) is 26.2 Å². The standard InChI is InChI=1S/C23H27F3N4.C2H6/c1-17(29-16-19-4-3-5-22(18(19)2)23(24,25)26)10-11-28-20-6-8-21(9-7-20)30-14-12-27-13-15-30;1-2/h3-6,8-11,27,29H,1,7,12-16H2,2H3;1-2H3/b11-10-,28-20?;. The van der Waals surface area contributed by atoms with Gasteiger partial charge in [0.1, 0.15) is 0 Å². The molecule has 0 aromatic heterocycles. The topological polar surface area (TPSA) is 39.7 Å². The maximum atomic E-state index is 13.0. The van der Waals surface area contributed by atoms with Gasteiger partial charge in [0.15, 0.2) is 0 Å². The lowest BCUT2D eigenvalue weighted by molar-refractivity contribution is -0.138. The molecule has 3 rings (SSSR count). The van der Waals surface area contributed by atoms with Crippen molar-refractivity contribution in [1.29, 1.82) is 0 Å². The van der Waals surface area contributed by atoms with E-state index in [9.17, 15) is 13.2 Å². The highest BCUT2D eigenvalue weighted by Gasteiger charge is 2.32. The molecule has 2 N–H and O–H groups in total. The number of rotatable bonds is 6. The van der Waals surface area contributed by atoms with Crippen molar-refractivity contribution in [3.8, 4) is 0 Å². The maximum absolute atomic E-state index is 13.0. The number of hydrogen-bond acceptors (Lipinski definition) is 4. The number of alkyl halides is 3. The molecule has 0 spiro atoms. The third kappa shape index (κ3) is 7.41. The first-order valence-electron chi connectivity index (χ1n) is 11.0. The van der Waals surface area contributed by atoms with E-state index in [4.69, 9.17) is 0 Å². The lowest BCUT2D eigenvalue weighted by atomic mass is 10.0. The second kappa shape index (κ2) is 12.3. The number of allylic oxidation sites excluding steroid dienone is 4. The summed E-state index contributed by atoms with van der Waals surface area (Å²) in [6.45, 7) is 13.7. The summed E-state index contributed by atoms with van der Waals surface area (Å²) < 4.78 is 39.1. The summed E-state index contributed by atoms with van der Waals surface area (Å²) in [4.78, 5) is 6.81. The van der Waals surface area contributed by atoms with Gasteiger partial charge in [-0.3, -0.25) is 4.99 Å². The second-order valence-corrected chi connectivity index (χ2v) is 7.31. The average molecular weight is 447 g/mol. The SMILES string of the molecule is C=C(/C=C\N=C1C=CC(N2CCNCC2)=CC1)NCc1cccc(C(F)(F)F)c1C.CC. The van der Waals surface area contributed by atoms with Crippen molar-refractivity contribution in [1.82, 2.24) is 15.5 Å². The van der Waals surface area contributed by atoms with E-state index in [1.54, 1.807) is 18.3 Å². The van der Waals surface area contributed by atoms with E-state index in [2.05, 4.69) is 39.3 Å². The van der Waals surface area contributed by atoms with Crippen LogP contribution in [0.1, 0.15) is 37.0 Å². The van der Waals surface area contributed by atoms with Crippen molar-refractivity contribution in [2.24, 2.45) is 4.99 Å². The molecule has 1 aliphatic carbocycles. The molecule has 1 heterocycles. The molecule has 1 fully saturated rings. The number of piperazine rings is 1. The monoisotopic (exact) mass is 446 g/mol. The summed E-state index contributed by atoms with van der Waals surface area (Å²) in [5.74, 6) is 0. The van der Waals surface area contributed by atoms with Crippen LogP contribution in [0.15, 0.2) is 71.7 Å². The van der Waals surface area contributed by atoms with E-state index >= 15 is 0 Å². The molecule has 1 saturated heterocycles. The summed E-state index contributed by atoms with van der Waals surface area (Å²) in [7, 11) is 0. The maximum Gasteiger partial charge on any atom is 0.416 e. The van der Waals surface area contributed by atoms with E-state index in [1.165, 1.54) is 18.7 Å². The molecule has 0 saturated carbocycles. The molecule has 0 amide bonds. The minimum absolute atomic E-state index is 0.231. The van der Waals surface area contributed by atoms with Crippen LogP contribution in [0.4, 0.5) is 13.2 Å². The Morgan fingerprint density at radius 3 is 2.56 bits per heavy atom. The zero-order valence-corrected chi connectivity index (χ0v) is 19.1. The fraction of sp³-hybridized carbons (Fsp3) is 0.400. The highest BCUT2D eigenvalue weighted by atomic mass is 19.4. The third-order valence-corrected chi connectivity index (χ3v) is 5.22. The summed E-state index contributed by atoms with van der Waals surface area (Å²) in [6.07, 6.45) is 6.09. The lowest BCUT2D eigenvalue weighted by Gasteiger charge is -2.31. The second-order valence-electron chi connectivity index (χ2n) is 7.31. The molecule has 0 atom stereocenters. The van der Waals surface area contributed by atoms with Gasteiger partial charge in [0.25, 0.3) is 0 Å². The predicted molar refractivity (Wildman–Crippen MR) is 126 cm³/mol. The van der Waals surface area contributed by atoms with Crippen LogP contribution >= 0.6 is 0 Å². The van der Waals surface area contributed by atoms with E-state index in [1.807, 2.05) is 19.9 Å².